The maximum absolute atomic E-state index is 13.3. The molecule has 1 aliphatic heterocycles. The summed E-state index contributed by atoms with van der Waals surface area (Å²) in [7, 11) is 1.53. The van der Waals surface area contributed by atoms with Gasteiger partial charge in [-0.2, -0.15) is 18.3 Å². The summed E-state index contributed by atoms with van der Waals surface area (Å²) >= 11 is 0. The summed E-state index contributed by atoms with van der Waals surface area (Å²) in [5.74, 6) is -0.704. The summed E-state index contributed by atoms with van der Waals surface area (Å²) in [5, 5.41) is 4.55. The predicted molar refractivity (Wildman–Crippen MR) is 109 cm³/mol. The molecule has 32 heavy (non-hydrogen) atoms. The smallest absolute Gasteiger partial charge is 0.406 e. The van der Waals surface area contributed by atoms with E-state index in [1.54, 1.807) is 24.3 Å². The summed E-state index contributed by atoms with van der Waals surface area (Å²) < 4.78 is 44.9. The van der Waals surface area contributed by atoms with Crippen molar-refractivity contribution in [1.82, 2.24) is 19.6 Å². The summed E-state index contributed by atoms with van der Waals surface area (Å²) in [6, 6.07) is 16.0. The highest BCUT2D eigenvalue weighted by molar-refractivity contribution is 6.02. The third kappa shape index (κ3) is 4.43. The maximum atomic E-state index is 13.3. The molecule has 0 radical (unpaired) electrons. The zero-order chi connectivity index (χ0) is 22.9. The Morgan fingerprint density at radius 2 is 1.78 bits per heavy atom. The molecule has 0 aliphatic carbocycles. The second kappa shape index (κ2) is 8.37. The average Bonchev–Trinajstić information content (AvgIpc) is 3.37. The molecule has 2 heterocycles. The first-order chi connectivity index (χ1) is 15.2. The van der Waals surface area contributed by atoms with E-state index in [0.29, 0.717) is 27.6 Å². The van der Waals surface area contributed by atoms with Crippen molar-refractivity contribution in [1.29, 1.82) is 0 Å². The van der Waals surface area contributed by atoms with E-state index in [9.17, 15) is 22.8 Å². The van der Waals surface area contributed by atoms with Crippen LogP contribution < -0.4 is 4.74 Å². The number of hydrogen-bond acceptors (Lipinski definition) is 4. The van der Waals surface area contributed by atoms with Crippen LogP contribution in [0.4, 0.5) is 13.2 Å². The van der Waals surface area contributed by atoms with Crippen LogP contribution in [0.1, 0.15) is 10.4 Å². The van der Waals surface area contributed by atoms with Gasteiger partial charge in [0, 0.05) is 11.8 Å². The fourth-order valence-corrected chi connectivity index (χ4v) is 3.46. The Balaban J connectivity index is 1.69. The number of para-hydroxylation sites is 1. The normalized spacial score (nSPS) is 14.2. The lowest BCUT2D eigenvalue weighted by Gasteiger charge is -2.19. The third-order valence-corrected chi connectivity index (χ3v) is 5.01. The number of alkyl halides is 3. The highest BCUT2D eigenvalue weighted by Gasteiger charge is 2.39. The van der Waals surface area contributed by atoms with Crippen LogP contribution in [-0.4, -0.2) is 64.4 Å². The van der Waals surface area contributed by atoms with Gasteiger partial charge < -0.3 is 14.5 Å². The van der Waals surface area contributed by atoms with E-state index in [4.69, 9.17) is 4.74 Å². The average molecular weight is 444 g/mol. The highest BCUT2D eigenvalue weighted by Crippen LogP contribution is 2.28. The molecule has 1 aromatic heterocycles. The van der Waals surface area contributed by atoms with Gasteiger partial charge in [-0.3, -0.25) is 9.59 Å². The van der Waals surface area contributed by atoms with Crippen LogP contribution >= 0.6 is 0 Å². The van der Waals surface area contributed by atoms with Crippen LogP contribution in [0.2, 0.25) is 0 Å². The van der Waals surface area contributed by atoms with Crippen molar-refractivity contribution >= 4 is 11.8 Å². The number of hydrogen-bond donors (Lipinski definition) is 0. The van der Waals surface area contributed by atoms with Gasteiger partial charge in [-0.15, -0.1) is 0 Å². The minimum absolute atomic E-state index is 0.181. The van der Waals surface area contributed by atoms with Gasteiger partial charge in [-0.1, -0.05) is 18.2 Å². The molecule has 166 valence electrons. The SMILES string of the molecule is COc1ccc(-c2nn(-c3ccccc3)cc2C(=O)N2CC(=O)N(CC(F)(F)F)C2)cc1. The molecule has 2 amide bonds. The molecule has 3 aromatic rings. The fraction of sp³-hybridized carbons (Fsp3) is 0.227. The van der Waals surface area contributed by atoms with Crippen molar-refractivity contribution in [2.24, 2.45) is 0 Å². The van der Waals surface area contributed by atoms with Crippen molar-refractivity contribution in [2.45, 2.75) is 6.18 Å². The van der Waals surface area contributed by atoms with Crippen molar-refractivity contribution in [2.75, 3.05) is 26.9 Å². The minimum atomic E-state index is -4.54. The molecule has 4 rings (SSSR count). The van der Waals surface area contributed by atoms with Gasteiger partial charge in [0.15, 0.2) is 0 Å². The topological polar surface area (TPSA) is 67.7 Å². The molecule has 0 N–H and O–H groups in total. The molecule has 1 fully saturated rings. The second-order valence-corrected chi connectivity index (χ2v) is 7.25. The number of methoxy groups -OCH3 is 1. The lowest BCUT2D eigenvalue weighted by Crippen LogP contribution is -2.37. The first kappa shape index (κ1) is 21.4. The van der Waals surface area contributed by atoms with Crippen LogP contribution in [0, 0.1) is 0 Å². The van der Waals surface area contributed by atoms with Gasteiger partial charge in [0.05, 0.1) is 25.0 Å². The lowest BCUT2D eigenvalue weighted by atomic mass is 10.1. The lowest BCUT2D eigenvalue weighted by molar-refractivity contribution is -0.157. The van der Waals surface area contributed by atoms with Crippen molar-refractivity contribution in [3.05, 3.63) is 66.4 Å². The fourth-order valence-electron chi connectivity index (χ4n) is 3.46. The molecule has 2 aromatic carbocycles. The molecule has 0 saturated carbocycles. The molecule has 10 heteroatoms. The first-order valence-electron chi connectivity index (χ1n) is 9.68. The molecular weight excluding hydrogens is 425 g/mol. The minimum Gasteiger partial charge on any atom is -0.497 e. The van der Waals surface area contributed by atoms with Crippen molar-refractivity contribution in [3.63, 3.8) is 0 Å². The zero-order valence-electron chi connectivity index (χ0n) is 17.0. The number of aromatic nitrogens is 2. The van der Waals surface area contributed by atoms with E-state index in [1.807, 2.05) is 30.3 Å². The number of amides is 2. The van der Waals surface area contributed by atoms with Crippen molar-refractivity contribution < 1.29 is 27.5 Å². The summed E-state index contributed by atoms with van der Waals surface area (Å²) in [5.41, 5.74) is 1.86. The molecular formula is C22H19F3N4O3. The molecule has 0 atom stereocenters. The highest BCUT2D eigenvalue weighted by atomic mass is 19.4. The Labute approximate surface area is 181 Å². The number of carbonyl (C=O) groups excluding carboxylic acids is 2. The largest absolute Gasteiger partial charge is 0.497 e. The quantitative estimate of drug-likeness (QED) is 0.606. The second-order valence-electron chi connectivity index (χ2n) is 7.25. The van der Waals surface area contributed by atoms with E-state index in [0.717, 1.165) is 4.90 Å². The molecule has 7 nitrogen and oxygen atoms in total. The zero-order valence-corrected chi connectivity index (χ0v) is 17.0. The molecule has 1 saturated heterocycles. The summed E-state index contributed by atoms with van der Waals surface area (Å²) in [6.07, 6.45) is -3.02. The number of nitrogens with zero attached hydrogens (tertiary/aromatic N) is 4. The number of halogens is 3. The van der Waals surface area contributed by atoms with Crippen LogP contribution in [0.5, 0.6) is 5.75 Å². The molecule has 0 bridgehead atoms. The standard InChI is InChI=1S/C22H19F3N4O3/c1-32-17-9-7-15(8-10-17)20-18(11-29(26-20)16-5-3-2-4-6-16)21(31)27-12-19(30)28(14-27)13-22(23,24)25/h2-11H,12-14H2,1H3. The van der Waals surface area contributed by atoms with Gasteiger partial charge in [-0.05, 0) is 36.4 Å². The molecule has 0 unspecified atom stereocenters. The third-order valence-electron chi connectivity index (χ3n) is 5.01. The van der Waals surface area contributed by atoms with Gasteiger partial charge in [0.2, 0.25) is 5.91 Å². The van der Waals surface area contributed by atoms with E-state index in [1.165, 1.54) is 18.0 Å². The summed E-state index contributed by atoms with van der Waals surface area (Å²) in [4.78, 5) is 27.0. The Morgan fingerprint density at radius 1 is 1.09 bits per heavy atom. The van der Waals surface area contributed by atoms with Gasteiger partial charge in [0.25, 0.3) is 5.91 Å². The van der Waals surface area contributed by atoms with Gasteiger partial charge in [-0.25, -0.2) is 4.68 Å². The van der Waals surface area contributed by atoms with Crippen molar-refractivity contribution in [3.8, 4) is 22.7 Å². The van der Waals surface area contributed by atoms with Crippen LogP contribution in [0.25, 0.3) is 16.9 Å². The maximum Gasteiger partial charge on any atom is 0.406 e. The molecule has 0 spiro atoms. The van der Waals surface area contributed by atoms with Crippen LogP contribution in [0.3, 0.4) is 0 Å². The Morgan fingerprint density at radius 3 is 2.41 bits per heavy atom. The predicted octanol–water partition coefficient (Wildman–Crippen LogP) is 3.35. The number of carbonyl (C=O) groups is 2. The number of benzene rings is 2. The van der Waals surface area contributed by atoms with E-state index < -0.39 is 37.7 Å². The Hall–Kier alpha value is -3.82. The monoisotopic (exact) mass is 444 g/mol. The van der Waals surface area contributed by atoms with Gasteiger partial charge >= 0.3 is 6.18 Å². The number of rotatable bonds is 5. The number of ether oxygens (including phenoxy) is 1. The van der Waals surface area contributed by atoms with E-state index >= 15 is 0 Å². The van der Waals surface area contributed by atoms with Gasteiger partial charge in [0.1, 0.15) is 24.5 Å². The van der Waals surface area contributed by atoms with Crippen LogP contribution in [-0.2, 0) is 4.79 Å². The first-order valence-corrected chi connectivity index (χ1v) is 9.68. The van der Waals surface area contributed by atoms with E-state index in [-0.39, 0.29) is 5.56 Å². The Bertz CT molecular complexity index is 1130. The Kier molecular flexibility index (Phi) is 5.60. The van der Waals surface area contributed by atoms with Crippen LogP contribution in [0.15, 0.2) is 60.8 Å². The molecule has 1 aliphatic rings. The van der Waals surface area contributed by atoms with E-state index in [2.05, 4.69) is 5.10 Å². The summed E-state index contributed by atoms with van der Waals surface area (Å²) in [6.45, 7) is -2.26.